The van der Waals surface area contributed by atoms with E-state index in [4.69, 9.17) is 16.7 Å². The average molecular weight is 301 g/mol. The van der Waals surface area contributed by atoms with Crippen LogP contribution in [-0.2, 0) is 0 Å². The van der Waals surface area contributed by atoms with Gasteiger partial charge in [0.1, 0.15) is 11.5 Å². The normalized spacial score (nSPS) is 11.8. The second-order valence-electron chi connectivity index (χ2n) is 4.37. The number of allylic oxidation sites excluding steroid dienone is 2. The summed E-state index contributed by atoms with van der Waals surface area (Å²) in [5, 5.41) is 19.4. The Kier molecular flexibility index (Phi) is 4.80. The highest BCUT2D eigenvalue weighted by molar-refractivity contribution is 6.31. The van der Waals surface area contributed by atoms with Crippen LogP contribution in [0.25, 0.3) is 6.08 Å². The second kappa shape index (κ2) is 6.77. The molecule has 0 aliphatic carbocycles. The number of carbonyl (C=O) groups is 1. The number of carbonyl (C=O) groups excluding carboxylic acids is 1. The maximum Gasteiger partial charge on any atom is 0.189 e. The van der Waals surface area contributed by atoms with Crippen LogP contribution in [0.5, 0.6) is 5.75 Å². The number of hydrogen-bond acceptors (Lipinski definition) is 3. The maximum atomic E-state index is 11.9. The molecule has 0 aliphatic heterocycles. The number of benzene rings is 2. The molecule has 106 valence electrons. The van der Waals surface area contributed by atoms with Crippen molar-refractivity contribution in [3.8, 4) is 5.75 Å². The summed E-state index contributed by atoms with van der Waals surface area (Å²) >= 11 is 5.81. The molecule has 0 fully saturated rings. The zero-order valence-electron chi connectivity index (χ0n) is 11.0. The van der Waals surface area contributed by atoms with Crippen LogP contribution < -0.4 is 0 Å². The van der Waals surface area contributed by atoms with Gasteiger partial charge in [0.25, 0.3) is 0 Å². The Morgan fingerprint density at radius 2 is 1.81 bits per heavy atom. The van der Waals surface area contributed by atoms with Crippen molar-refractivity contribution in [2.75, 3.05) is 0 Å². The zero-order valence-corrected chi connectivity index (χ0v) is 11.8. The number of ketones is 1. The van der Waals surface area contributed by atoms with Gasteiger partial charge in [-0.15, -0.1) is 0 Å². The minimum Gasteiger partial charge on any atom is -0.508 e. The summed E-state index contributed by atoms with van der Waals surface area (Å²) in [5.41, 5.74) is 1.20. The van der Waals surface area contributed by atoms with Crippen molar-refractivity contribution in [1.29, 1.82) is 0 Å². The number of aliphatic hydroxyl groups is 1. The standard InChI is InChI=1S/C17H13ClO3/c18-14-3-1-2-13(10-14)17(21)11-16(20)9-6-12-4-7-15(19)8-5-12/h1-11,19-20H. The number of phenolic OH excluding ortho intramolecular Hbond substituents is 1. The van der Waals surface area contributed by atoms with Gasteiger partial charge in [-0.25, -0.2) is 0 Å². The second-order valence-corrected chi connectivity index (χ2v) is 4.81. The van der Waals surface area contributed by atoms with Crippen molar-refractivity contribution in [3.63, 3.8) is 0 Å². The number of aliphatic hydroxyl groups excluding tert-OH is 1. The number of hydrogen-bond donors (Lipinski definition) is 2. The van der Waals surface area contributed by atoms with Gasteiger partial charge >= 0.3 is 0 Å². The lowest BCUT2D eigenvalue weighted by molar-refractivity contribution is 0.104. The molecule has 0 heterocycles. The summed E-state index contributed by atoms with van der Waals surface area (Å²) in [6, 6.07) is 13.0. The van der Waals surface area contributed by atoms with Gasteiger partial charge in [-0.05, 0) is 35.9 Å². The average Bonchev–Trinajstić information content (AvgIpc) is 2.46. The summed E-state index contributed by atoms with van der Waals surface area (Å²) < 4.78 is 0. The third kappa shape index (κ3) is 4.51. The maximum absolute atomic E-state index is 11.9. The van der Waals surface area contributed by atoms with Gasteiger partial charge in [0.15, 0.2) is 5.78 Å². The van der Waals surface area contributed by atoms with E-state index in [-0.39, 0.29) is 17.3 Å². The zero-order chi connectivity index (χ0) is 15.2. The first-order valence-corrected chi connectivity index (χ1v) is 6.60. The monoisotopic (exact) mass is 300 g/mol. The molecule has 2 aromatic carbocycles. The van der Waals surface area contributed by atoms with E-state index in [0.717, 1.165) is 11.6 Å². The van der Waals surface area contributed by atoms with E-state index in [1.54, 1.807) is 36.4 Å². The molecule has 0 spiro atoms. The van der Waals surface area contributed by atoms with Gasteiger partial charge in [-0.2, -0.15) is 0 Å². The topological polar surface area (TPSA) is 57.5 Å². The van der Waals surface area contributed by atoms with E-state index in [1.165, 1.54) is 24.3 Å². The third-order valence-corrected chi connectivity index (χ3v) is 2.96. The number of phenols is 1. The SMILES string of the molecule is O=C(C=C(O)C=Cc1ccc(O)cc1)c1cccc(Cl)c1. The van der Waals surface area contributed by atoms with Gasteiger partial charge in [-0.3, -0.25) is 4.79 Å². The predicted molar refractivity (Wildman–Crippen MR) is 83.6 cm³/mol. The molecule has 0 unspecified atom stereocenters. The van der Waals surface area contributed by atoms with Gasteiger partial charge in [0, 0.05) is 16.7 Å². The quantitative estimate of drug-likeness (QED) is 0.381. The van der Waals surface area contributed by atoms with Crippen LogP contribution in [0, 0.1) is 0 Å². The Bertz CT molecular complexity index is 700. The van der Waals surface area contributed by atoms with Crippen molar-refractivity contribution in [1.82, 2.24) is 0 Å². The van der Waals surface area contributed by atoms with Gasteiger partial charge in [-0.1, -0.05) is 41.9 Å². The van der Waals surface area contributed by atoms with Crippen LogP contribution in [0.2, 0.25) is 5.02 Å². The summed E-state index contributed by atoms with van der Waals surface area (Å²) in [6.45, 7) is 0. The summed E-state index contributed by atoms with van der Waals surface area (Å²) in [4.78, 5) is 11.9. The van der Waals surface area contributed by atoms with E-state index in [9.17, 15) is 9.90 Å². The van der Waals surface area contributed by atoms with E-state index in [2.05, 4.69) is 0 Å². The van der Waals surface area contributed by atoms with Crippen molar-refractivity contribution < 1.29 is 15.0 Å². The number of halogens is 1. The van der Waals surface area contributed by atoms with Crippen LogP contribution in [0.15, 0.2) is 66.4 Å². The molecule has 0 aromatic heterocycles. The third-order valence-electron chi connectivity index (χ3n) is 2.73. The number of rotatable bonds is 4. The molecule has 0 saturated heterocycles. The van der Waals surface area contributed by atoms with E-state index in [0.29, 0.717) is 10.6 Å². The fourth-order valence-electron chi connectivity index (χ4n) is 1.67. The van der Waals surface area contributed by atoms with E-state index < -0.39 is 0 Å². The van der Waals surface area contributed by atoms with Crippen molar-refractivity contribution in [2.45, 2.75) is 0 Å². The van der Waals surface area contributed by atoms with Crippen molar-refractivity contribution in [2.24, 2.45) is 0 Å². The fourth-order valence-corrected chi connectivity index (χ4v) is 1.86. The van der Waals surface area contributed by atoms with Crippen LogP contribution in [-0.4, -0.2) is 16.0 Å². The van der Waals surface area contributed by atoms with Gasteiger partial charge in [0.05, 0.1) is 0 Å². The van der Waals surface area contributed by atoms with Gasteiger partial charge < -0.3 is 10.2 Å². The molecule has 0 saturated carbocycles. The van der Waals surface area contributed by atoms with Crippen molar-refractivity contribution >= 4 is 23.5 Å². The summed E-state index contributed by atoms with van der Waals surface area (Å²) in [6.07, 6.45) is 4.17. The molecule has 0 aliphatic rings. The largest absolute Gasteiger partial charge is 0.508 e. The Morgan fingerprint density at radius 3 is 2.48 bits per heavy atom. The van der Waals surface area contributed by atoms with Crippen LogP contribution in [0.4, 0.5) is 0 Å². The lowest BCUT2D eigenvalue weighted by atomic mass is 10.1. The molecule has 21 heavy (non-hydrogen) atoms. The van der Waals surface area contributed by atoms with Crippen LogP contribution >= 0.6 is 11.6 Å². The Labute approximate surface area is 127 Å². The molecule has 3 nitrogen and oxygen atoms in total. The first-order chi connectivity index (χ1) is 10.0. The highest BCUT2D eigenvalue weighted by Crippen LogP contribution is 2.13. The smallest absolute Gasteiger partial charge is 0.189 e. The van der Waals surface area contributed by atoms with Crippen molar-refractivity contribution in [3.05, 3.63) is 82.6 Å². The van der Waals surface area contributed by atoms with E-state index in [1.807, 2.05) is 0 Å². The Hall–Kier alpha value is -2.52. The highest BCUT2D eigenvalue weighted by atomic mass is 35.5. The highest BCUT2D eigenvalue weighted by Gasteiger charge is 2.03. The molecular weight excluding hydrogens is 288 g/mol. The lowest BCUT2D eigenvalue weighted by Crippen LogP contribution is -1.95. The molecule has 2 N–H and O–H groups in total. The molecule has 0 bridgehead atoms. The summed E-state index contributed by atoms with van der Waals surface area (Å²) in [7, 11) is 0. The van der Waals surface area contributed by atoms with Crippen LogP contribution in [0.1, 0.15) is 15.9 Å². The predicted octanol–water partition coefficient (Wildman–Crippen LogP) is 4.38. The minimum absolute atomic E-state index is 0.159. The molecule has 0 radical (unpaired) electrons. The molecule has 0 amide bonds. The lowest BCUT2D eigenvalue weighted by Gasteiger charge is -1.97. The number of aromatic hydroxyl groups is 1. The first-order valence-electron chi connectivity index (χ1n) is 6.22. The van der Waals surface area contributed by atoms with E-state index >= 15 is 0 Å². The molecular formula is C17H13ClO3. The molecule has 2 rings (SSSR count). The molecule has 2 aromatic rings. The Balaban J connectivity index is 2.10. The van der Waals surface area contributed by atoms with Crippen LogP contribution in [0.3, 0.4) is 0 Å². The first kappa shape index (κ1) is 14.9. The Morgan fingerprint density at radius 1 is 1.10 bits per heavy atom. The minimum atomic E-state index is -0.328. The van der Waals surface area contributed by atoms with Gasteiger partial charge in [0.2, 0.25) is 0 Å². The fraction of sp³-hybridized carbons (Fsp3) is 0. The molecule has 4 heteroatoms. The summed E-state index contributed by atoms with van der Waals surface area (Å²) in [5.74, 6) is -0.318. The molecule has 0 atom stereocenters.